The zero-order chi connectivity index (χ0) is 18.7. The molecular formula is C20H29N3O3. The summed E-state index contributed by atoms with van der Waals surface area (Å²) in [6.45, 7) is 2.12. The molecule has 1 aromatic carbocycles. The first-order chi connectivity index (χ1) is 12.4. The molecule has 3 rings (SSSR count). The quantitative estimate of drug-likeness (QED) is 0.820. The zero-order valence-corrected chi connectivity index (χ0v) is 15.8. The number of ether oxygens (including phenoxy) is 1. The van der Waals surface area contributed by atoms with Crippen molar-refractivity contribution < 1.29 is 14.3 Å². The summed E-state index contributed by atoms with van der Waals surface area (Å²) in [7, 11) is 3.38. The minimum absolute atomic E-state index is 0.00131. The van der Waals surface area contributed by atoms with E-state index in [9.17, 15) is 9.59 Å². The van der Waals surface area contributed by atoms with E-state index in [2.05, 4.69) is 17.6 Å². The SMILES string of the molecule is C[C@H](NC(=O)Nc1ccc(OCC(=O)N(C)C)cc1)[C@@H]1C[C@H]2CC[C@H]1C2. The van der Waals surface area contributed by atoms with Crippen LogP contribution in [-0.4, -0.2) is 43.6 Å². The molecule has 2 saturated carbocycles. The Morgan fingerprint density at radius 1 is 1.19 bits per heavy atom. The number of fused-ring (bicyclic) bond motifs is 2. The molecule has 2 bridgehead atoms. The Morgan fingerprint density at radius 3 is 2.50 bits per heavy atom. The molecule has 6 nitrogen and oxygen atoms in total. The maximum Gasteiger partial charge on any atom is 0.319 e. The van der Waals surface area contributed by atoms with Gasteiger partial charge in [0.2, 0.25) is 0 Å². The summed E-state index contributed by atoms with van der Waals surface area (Å²) in [5.74, 6) is 2.79. The molecule has 3 amide bonds. The predicted octanol–water partition coefficient (Wildman–Crippen LogP) is 3.10. The van der Waals surface area contributed by atoms with Gasteiger partial charge in [-0.1, -0.05) is 6.42 Å². The van der Waals surface area contributed by atoms with Gasteiger partial charge in [0.1, 0.15) is 5.75 Å². The van der Waals surface area contributed by atoms with E-state index in [0.29, 0.717) is 17.4 Å². The maximum atomic E-state index is 12.3. The molecule has 142 valence electrons. The van der Waals surface area contributed by atoms with Gasteiger partial charge >= 0.3 is 6.03 Å². The van der Waals surface area contributed by atoms with E-state index >= 15 is 0 Å². The van der Waals surface area contributed by atoms with Crippen molar-refractivity contribution in [3.05, 3.63) is 24.3 Å². The number of nitrogens with zero attached hydrogens (tertiary/aromatic N) is 1. The lowest BCUT2D eigenvalue weighted by Crippen LogP contribution is -2.42. The van der Waals surface area contributed by atoms with Gasteiger partial charge in [-0.3, -0.25) is 4.79 Å². The minimum Gasteiger partial charge on any atom is -0.484 e. The van der Waals surface area contributed by atoms with Crippen molar-refractivity contribution in [3.8, 4) is 5.75 Å². The van der Waals surface area contributed by atoms with Gasteiger partial charge in [-0.15, -0.1) is 0 Å². The molecule has 0 saturated heterocycles. The number of benzene rings is 1. The van der Waals surface area contributed by atoms with E-state index in [1.54, 1.807) is 38.4 Å². The summed E-state index contributed by atoms with van der Waals surface area (Å²) in [5.41, 5.74) is 0.703. The fourth-order valence-corrected chi connectivity index (χ4v) is 4.30. The van der Waals surface area contributed by atoms with Crippen LogP contribution in [-0.2, 0) is 4.79 Å². The lowest BCUT2D eigenvalue weighted by Gasteiger charge is -2.28. The highest BCUT2D eigenvalue weighted by molar-refractivity contribution is 5.89. The molecule has 0 spiro atoms. The molecule has 0 unspecified atom stereocenters. The monoisotopic (exact) mass is 359 g/mol. The summed E-state index contributed by atoms with van der Waals surface area (Å²) in [6, 6.07) is 7.08. The van der Waals surface area contributed by atoms with Crippen LogP contribution in [0.4, 0.5) is 10.5 Å². The number of rotatable bonds is 6. The molecule has 2 aliphatic carbocycles. The van der Waals surface area contributed by atoms with E-state index in [4.69, 9.17) is 4.74 Å². The van der Waals surface area contributed by atoms with Gasteiger partial charge in [0.15, 0.2) is 6.61 Å². The molecule has 2 fully saturated rings. The van der Waals surface area contributed by atoms with E-state index in [1.807, 2.05) is 0 Å². The number of likely N-dealkylation sites (N-methyl/N-ethyl adjacent to an activating group) is 1. The third-order valence-electron chi connectivity index (χ3n) is 5.77. The predicted molar refractivity (Wildman–Crippen MR) is 101 cm³/mol. The van der Waals surface area contributed by atoms with Crippen molar-refractivity contribution >= 4 is 17.6 Å². The fourth-order valence-electron chi connectivity index (χ4n) is 4.30. The number of anilines is 1. The lowest BCUT2D eigenvalue weighted by atomic mass is 9.84. The van der Waals surface area contributed by atoms with Gasteiger partial charge in [0, 0.05) is 25.8 Å². The van der Waals surface area contributed by atoms with Gasteiger partial charge in [-0.05, 0) is 68.2 Å². The standard InChI is InChI=1S/C20H29N3O3/c1-13(18-11-14-4-5-15(18)10-14)21-20(25)22-16-6-8-17(9-7-16)26-12-19(24)23(2)3/h6-9,13-15,18H,4-5,10-12H2,1-3H3,(H2,21,22,25)/t13-,14-,15-,18-/m0/s1. The largest absolute Gasteiger partial charge is 0.484 e. The molecule has 0 heterocycles. The average molecular weight is 359 g/mol. The number of hydrogen-bond donors (Lipinski definition) is 2. The van der Waals surface area contributed by atoms with Gasteiger partial charge < -0.3 is 20.3 Å². The van der Waals surface area contributed by atoms with Gasteiger partial charge in [-0.25, -0.2) is 4.79 Å². The van der Waals surface area contributed by atoms with Crippen molar-refractivity contribution in [3.63, 3.8) is 0 Å². The highest BCUT2D eigenvalue weighted by atomic mass is 16.5. The van der Waals surface area contributed by atoms with Crippen molar-refractivity contribution in [1.82, 2.24) is 10.2 Å². The van der Waals surface area contributed by atoms with Crippen molar-refractivity contribution in [2.24, 2.45) is 17.8 Å². The molecule has 2 aliphatic rings. The lowest BCUT2D eigenvalue weighted by molar-refractivity contribution is -0.130. The minimum atomic E-state index is -0.170. The van der Waals surface area contributed by atoms with Gasteiger partial charge in [0.05, 0.1) is 0 Å². The number of hydrogen-bond acceptors (Lipinski definition) is 3. The van der Waals surface area contributed by atoms with Crippen LogP contribution in [0.5, 0.6) is 5.75 Å². The Morgan fingerprint density at radius 2 is 1.92 bits per heavy atom. The molecule has 26 heavy (non-hydrogen) atoms. The second kappa shape index (κ2) is 7.98. The average Bonchev–Trinajstić information content (AvgIpc) is 3.24. The van der Waals surface area contributed by atoms with E-state index < -0.39 is 0 Å². The van der Waals surface area contributed by atoms with Crippen LogP contribution in [0.15, 0.2) is 24.3 Å². The molecule has 1 aromatic rings. The molecule has 0 aliphatic heterocycles. The molecule has 0 radical (unpaired) electrons. The first-order valence-electron chi connectivity index (χ1n) is 9.43. The highest BCUT2D eigenvalue weighted by Gasteiger charge is 2.42. The fraction of sp³-hybridized carbons (Fsp3) is 0.600. The number of carbonyl (C=O) groups is 2. The molecule has 0 aromatic heterocycles. The van der Waals surface area contributed by atoms with Crippen molar-refractivity contribution in [2.45, 2.75) is 38.6 Å². The zero-order valence-electron chi connectivity index (χ0n) is 15.8. The Labute approximate surface area is 155 Å². The molecule has 2 N–H and O–H groups in total. The Kier molecular flexibility index (Phi) is 5.69. The summed E-state index contributed by atoms with van der Waals surface area (Å²) in [5, 5.41) is 5.96. The molecular weight excluding hydrogens is 330 g/mol. The summed E-state index contributed by atoms with van der Waals surface area (Å²) >= 11 is 0. The first-order valence-corrected chi connectivity index (χ1v) is 9.43. The van der Waals surface area contributed by atoms with Gasteiger partial charge in [0.25, 0.3) is 5.91 Å². The number of carbonyl (C=O) groups excluding carboxylic acids is 2. The summed E-state index contributed by atoms with van der Waals surface area (Å²) in [6.07, 6.45) is 5.29. The van der Waals surface area contributed by atoms with Crippen LogP contribution in [0, 0.1) is 17.8 Å². The summed E-state index contributed by atoms with van der Waals surface area (Å²) in [4.78, 5) is 25.3. The number of nitrogens with one attached hydrogen (secondary N) is 2. The second-order valence-electron chi connectivity index (χ2n) is 7.83. The Hall–Kier alpha value is -2.24. The second-order valence-corrected chi connectivity index (χ2v) is 7.83. The smallest absolute Gasteiger partial charge is 0.319 e. The normalized spacial score (nSPS) is 24.8. The highest BCUT2D eigenvalue weighted by Crippen LogP contribution is 2.49. The Bertz CT molecular complexity index is 644. The van der Waals surface area contributed by atoms with Crippen molar-refractivity contribution in [1.29, 1.82) is 0 Å². The molecule has 4 atom stereocenters. The Balaban J connectivity index is 1.44. The summed E-state index contributed by atoms with van der Waals surface area (Å²) < 4.78 is 5.43. The maximum absolute atomic E-state index is 12.3. The van der Waals surface area contributed by atoms with E-state index in [0.717, 1.165) is 11.8 Å². The number of urea groups is 1. The van der Waals surface area contributed by atoms with Crippen LogP contribution in [0.3, 0.4) is 0 Å². The third kappa shape index (κ3) is 4.48. The van der Waals surface area contributed by atoms with Crippen LogP contribution >= 0.6 is 0 Å². The van der Waals surface area contributed by atoms with Crippen LogP contribution < -0.4 is 15.4 Å². The van der Waals surface area contributed by atoms with Gasteiger partial charge in [-0.2, -0.15) is 0 Å². The third-order valence-corrected chi connectivity index (χ3v) is 5.77. The van der Waals surface area contributed by atoms with Crippen LogP contribution in [0.1, 0.15) is 32.6 Å². The first kappa shape index (κ1) is 18.5. The van der Waals surface area contributed by atoms with Crippen LogP contribution in [0.2, 0.25) is 0 Å². The topological polar surface area (TPSA) is 70.7 Å². The molecule has 6 heteroatoms. The van der Waals surface area contributed by atoms with E-state index in [1.165, 1.54) is 30.6 Å². The van der Waals surface area contributed by atoms with E-state index in [-0.39, 0.29) is 24.6 Å². The number of amides is 3. The van der Waals surface area contributed by atoms with Crippen LogP contribution in [0.25, 0.3) is 0 Å². The van der Waals surface area contributed by atoms with Crippen molar-refractivity contribution in [2.75, 3.05) is 26.0 Å².